The Hall–Kier alpha value is -1.79. The number of methoxy groups -OCH3 is 1. The molecule has 6 heteroatoms. The third-order valence-electron chi connectivity index (χ3n) is 3.11. The first-order valence-corrected chi connectivity index (χ1v) is 8.47. The molecule has 0 saturated carbocycles. The third kappa shape index (κ3) is 3.51. The Balaban J connectivity index is 1.72. The van der Waals surface area contributed by atoms with Gasteiger partial charge in [0.25, 0.3) is 0 Å². The number of benzene rings is 2. The fourth-order valence-electron chi connectivity index (χ4n) is 2.00. The molecule has 0 bridgehead atoms. The van der Waals surface area contributed by atoms with Crippen LogP contribution in [0, 0.1) is 0 Å². The van der Waals surface area contributed by atoms with Gasteiger partial charge in [-0.2, -0.15) is 0 Å². The van der Waals surface area contributed by atoms with Gasteiger partial charge in [-0.05, 0) is 29.8 Å². The van der Waals surface area contributed by atoms with E-state index in [-0.39, 0.29) is 0 Å². The number of ether oxygens (including phenoxy) is 1. The summed E-state index contributed by atoms with van der Waals surface area (Å²) in [7, 11) is 1.65. The third-order valence-corrected chi connectivity index (χ3v) is 4.56. The SMILES string of the molecule is COc1ccccc1-c1nc(SCc2ccc(Br)cc2)n[nH]1. The predicted molar refractivity (Wildman–Crippen MR) is 92.1 cm³/mol. The molecular weight excluding hydrogens is 362 g/mol. The van der Waals surface area contributed by atoms with Gasteiger partial charge in [-0.15, -0.1) is 5.10 Å². The average Bonchev–Trinajstić information content (AvgIpc) is 3.03. The molecule has 0 saturated heterocycles. The van der Waals surface area contributed by atoms with Crippen LogP contribution in [0.15, 0.2) is 58.2 Å². The Morgan fingerprint density at radius 1 is 1.14 bits per heavy atom. The summed E-state index contributed by atoms with van der Waals surface area (Å²) < 4.78 is 6.43. The van der Waals surface area contributed by atoms with Crippen LogP contribution in [0.4, 0.5) is 0 Å². The fraction of sp³-hybridized carbons (Fsp3) is 0.125. The summed E-state index contributed by atoms with van der Waals surface area (Å²) in [4.78, 5) is 4.53. The summed E-state index contributed by atoms with van der Waals surface area (Å²) in [6.45, 7) is 0. The largest absolute Gasteiger partial charge is 0.496 e. The molecule has 0 unspecified atom stereocenters. The van der Waals surface area contributed by atoms with Crippen LogP contribution in [0.5, 0.6) is 5.75 Å². The first kappa shape index (κ1) is 15.1. The number of halogens is 1. The average molecular weight is 376 g/mol. The van der Waals surface area contributed by atoms with Crippen LogP contribution in [0.3, 0.4) is 0 Å². The predicted octanol–water partition coefficient (Wildman–Crippen LogP) is 4.54. The van der Waals surface area contributed by atoms with E-state index in [0.29, 0.717) is 0 Å². The highest BCUT2D eigenvalue weighted by molar-refractivity contribution is 9.10. The van der Waals surface area contributed by atoms with E-state index in [1.54, 1.807) is 18.9 Å². The number of rotatable bonds is 5. The Labute approximate surface area is 141 Å². The molecular formula is C16H14BrN3OS. The molecule has 0 atom stereocenters. The molecule has 1 heterocycles. The highest BCUT2D eigenvalue weighted by atomic mass is 79.9. The zero-order valence-corrected chi connectivity index (χ0v) is 14.3. The van der Waals surface area contributed by atoms with Crippen LogP contribution in [0.1, 0.15) is 5.56 Å². The lowest BCUT2D eigenvalue weighted by molar-refractivity contribution is 0.416. The molecule has 1 aromatic heterocycles. The number of H-pyrrole nitrogens is 1. The molecule has 0 amide bonds. The minimum atomic E-state index is 0.718. The van der Waals surface area contributed by atoms with E-state index >= 15 is 0 Å². The van der Waals surface area contributed by atoms with Crippen LogP contribution in [0.25, 0.3) is 11.4 Å². The van der Waals surface area contributed by atoms with E-state index in [2.05, 4.69) is 43.2 Å². The van der Waals surface area contributed by atoms with Crippen LogP contribution in [0.2, 0.25) is 0 Å². The first-order valence-electron chi connectivity index (χ1n) is 6.69. The summed E-state index contributed by atoms with van der Waals surface area (Å²) in [5.74, 6) is 2.33. The molecule has 3 rings (SSSR count). The minimum Gasteiger partial charge on any atom is -0.496 e. The molecule has 0 aliphatic heterocycles. The number of para-hydroxylation sites is 1. The number of hydrogen-bond acceptors (Lipinski definition) is 4. The molecule has 0 fully saturated rings. The van der Waals surface area contributed by atoms with E-state index in [1.165, 1.54) is 5.56 Å². The number of hydrogen-bond donors (Lipinski definition) is 1. The molecule has 0 aliphatic carbocycles. The molecule has 0 spiro atoms. The van der Waals surface area contributed by atoms with Crippen LogP contribution < -0.4 is 4.74 Å². The summed E-state index contributed by atoms with van der Waals surface area (Å²) in [6.07, 6.45) is 0. The molecule has 1 N–H and O–H groups in total. The van der Waals surface area contributed by atoms with Crippen LogP contribution in [-0.4, -0.2) is 22.3 Å². The molecule has 2 aromatic carbocycles. The quantitative estimate of drug-likeness (QED) is 0.665. The van der Waals surface area contributed by atoms with Gasteiger partial charge < -0.3 is 4.74 Å². The molecule has 22 heavy (non-hydrogen) atoms. The Bertz CT molecular complexity index is 758. The number of nitrogens with zero attached hydrogens (tertiary/aromatic N) is 2. The van der Waals surface area contributed by atoms with Gasteiger partial charge in [-0.25, -0.2) is 4.98 Å². The lowest BCUT2D eigenvalue weighted by Crippen LogP contribution is -1.88. The van der Waals surface area contributed by atoms with Crippen molar-refractivity contribution in [1.82, 2.24) is 15.2 Å². The minimum absolute atomic E-state index is 0.718. The molecule has 4 nitrogen and oxygen atoms in total. The second-order valence-electron chi connectivity index (χ2n) is 4.58. The van der Waals surface area contributed by atoms with E-state index in [9.17, 15) is 0 Å². The van der Waals surface area contributed by atoms with Gasteiger partial charge in [0, 0.05) is 10.2 Å². The second kappa shape index (κ2) is 6.98. The normalized spacial score (nSPS) is 10.6. The van der Waals surface area contributed by atoms with Crippen molar-refractivity contribution in [3.05, 3.63) is 58.6 Å². The lowest BCUT2D eigenvalue weighted by atomic mass is 10.2. The van der Waals surface area contributed by atoms with Crippen LogP contribution in [-0.2, 0) is 5.75 Å². The number of aromatic amines is 1. The molecule has 0 radical (unpaired) electrons. The van der Waals surface area contributed by atoms with Crippen molar-refractivity contribution in [3.63, 3.8) is 0 Å². The van der Waals surface area contributed by atoms with Crippen molar-refractivity contribution in [1.29, 1.82) is 0 Å². The summed E-state index contributed by atoms with van der Waals surface area (Å²) in [5, 5.41) is 7.96. The fourth-order valence-corrected chi connectivity index (χ4v) is 3.02. The number of nitrogens with one attached hydrogen (secondary N) is 1. The van der Waals surface area contributed by atoms with Gasteiger partial charge in [-0.1, -0.05) is 52.0 Å². The van der Waals surface area contributed by atoms with Gasteiger partial charge >= 0.3 is 0 Å². The molecule has 3 aromatic rings. The van der Waals surface area contributed by atoms with Gasteiger partial charge in [0.15, 0.2) is 5.82 Å². The molecule has 112 valence electrons. The summed E-state index contributed by atoms with van der Waals surface area (Å²) >= 11 is 5.03. The van der Waals surface area contributed by atoms with Crippen LogP contribution >= 0.6 is 27.7 Å². The van der Waals surface area contributed by atoms with Crippen molar-refractivity contribution in [2.24, 2.45) is 0 Å². The van der Waals surface area contributed by atoms with Gasteiger partial charge in [0.05, 0.1) is 12.7 Å². The first-order chi connectivity index (χ1) is 10.8. The van der Waals surface area contributed by atoms with Gasteiger partial charge in [0.2, 0.25) is 5.16 Å². The maximum Gasteiger partial charge on any atom is 0.209 e. The van der Waals surface area contributed by atoms with Crippen molar-refractivity contribution in [3.8, 4) is 17.1 Å². The van der Waals surface area contributed by atoms with Gasteiger partial charge in [-0.3, -0.25) is 5.10 Å². The maximum atomic E-state index is 5.35. The van der Waals surface area contributed by atoms with Gasteiger partial charge in [0.1, 0.15) is 5.75 Å². The van der Waals surface area contributed by atoms with E-state index in [0.717, 1.165) is 32.5 Å². The zero-order chi connectivity index (χ0) is 15.4. The zero-order valence-electron chi connectivity index (χ0n) is 11.9. The monoisotopic (exact) mass is 375 g/mol. The topological polar surface area (TPSA) is 50.8 Å². The highest BCUT2D eigenvalue weighted by Gasteiger charge is 2.10. The molecule has 0 aliphatic rings. The highest BCUT2D eigenvalue weighted by Crippen LogP contribution is 2.28. The Kier molecular flexibility index (Phi) is 4.80. The summed E-state index contributed by atoms with van der Waals surface area (Å²) in [5.41, 5.74) is 2.14. The Morgan fingerprint density at radius 3 is 2.68 bits per heavy atom. The number of aromatic nitrogens is 3. The van der Waals surface area contributed by atoms with Crippen molar-refractivity contribution in [2.75, 3.05) is 7.11 Å². The second-order valence-corrected chi connectivity index (χ2v) is 6.44. The van der Waals surface area contributed by atoms with Crippen molar-refractivity contribution >= 4 is 27.7 Å². The van der Waals surface area contributed by atoms with Crippen molar-refractivity contribution < 1.29 is 4.74 Å². The van der Waals surface area contributed by atoms with E-state index in [1.807, 2.05) is 36.4 Å². The van der Waals surface area contributed by atoms with E-state index in [4.69, 9.17) is 4.74 Å². The Morgan fingerprint density at radius 2 is 1.91 bits per heavy atom. The standard InChI is InChI=1S/C16H14BrN3OS/c1-21-14-5-3-2-4-13(14)15-18-16(20-19-15)22-10-11-6-8-12(17)9-7-11/h2-9H,10H2,1H3,(H,18,19,20). The summed E-state index contributed by atoms with van der Waals surface area (Å²) in [6, 6.07) is 16.0. The smallest absolute Gasteiger partial charge is 0.209 e. The lowest BCUT2D eigenvalue weighted by Gasteiger charge is -2.04. The number of thioether (sulfide) groups is 1. The van der Waals surface area contributed by atoms with E-state index < -0.39 is 0 Å². The van der Waals surface area contributed by atoms with Crippen molar-refractivity contribution in [2.45, 2.75) is 10.9 Å². The maximum absolute atomic E-state index is 5.35.